The first-order valence-corrected chi connectivity index (χ1v) is 10.2. The van der Waals surface area contributed by atoms with Crippen LogP contribution in [-0.2, 0) is 0 Å². The molecule has 3 nitrogen and oxygen atoms in total. The molecule has 0 bridgehead atoms. The van der Waals surface area contributed by atoms with Crippen LogP contribution in [0.1, 0.15) is 86.2 Å². The van der Waals surface area contributed by atoms with E-state index in [1.807, 2.05) is 92.7 Å². The molecule has 27 heavy (non-hydrogen) atoms. The predicted octanol–water partition coefficient (Wildman–Crippen LogP) is 7.77. The lowest BCUT2D eigenvalue weighted by molar-refractivity contribution is 0.933. The minimum Gasteiger partial charge on any atom is -0.213 e. The molecule has 0 unspecified atom stereocenters. The van der Waals surface area contributed by atoms with Gasteiger partial charge in [-0.2, -0.15) is 0 Å². The van der Waals surface area contributed by atoms with Crippen molar-refractivity contribution in [2.24, 2.45) is 0 Å². The second-order valence-electron chi connectivity index (χ2n) is 4.46. The summed E-state index contributed by atoms with van der Waals surface area (Å²) in [7, 11) is 0. The van der Waals surface area contributed by atoms with Crippen LogP contribution in [0.5, 0.6) is 0 Å². The van der Waals surface area contributed by atoms with Gasteiger partial charge in [-0.15, -0.1) is 0 Å². The zero-order valence-electron chi connectivity index (χ0n) is 19.3. The summed E-state index contributed by atoms with van der Waals surface area (Å²) in [6.07, 6.45) is 14.6. The molecule has 0 aliphatic rings. The number of allylic oxidation sites excluding steroid dienone is 9. The highest BCUT2D eigenvalue weighted by molar-refractivity contribution is 5.73. The van der Waals surface area contributed by atoms with E-state index in [-0.39, 0.29) is 0 Å². The second kappa shape index (κ2) is 21.8. The van der Waals surface area contributed by atoms with Crippen molar-refractivity contribution < 1.29 is 0 Å². The first-order valence-electron chi connectivity index (χ1n) is 10.2. The Morgan fingerprint density at radius 3 is 1.67 bits per heavy atom. The van der Waals surface area contributed by atoms with Gasteiger partial charge >= 0.3 is 0 Å². The topological polar surface area (TPSA) is 38.7 Å². The summed E-state index contributed by atoms with van der Waals surface area (Å²) in [6.45, 7) is 23.7. The number of hydrogen-bond donors (Lipinski definition) is 0. The quantitative estimate of drug-likeness (QED) is 0.479. The van der Waals surface area contributed by atoms with E-state index in [4.69, 9.17) is 0 Å². The Bertz CT molecular complexity index is 606. The summed E-state index contributed by atoms with van der Waals surface area (Å²) < 4.78 is 0. The molecule has 0 fully saturated rings. The van der Waals surface area contributed by atoms with Crippen LogP contribution in [0.3, 0.4) is 0 Å². The van der Waals surface area contributed by atoms with E-state index in [0.717, 1.165) is 17.6 Å². The molecule has 0 N–H and O–H groups in total. The maximum Gasteiger partial charge on any atom is 0.163 e. The molecule has 1 aromatic rings. The van der Waals surface area contributed by atoms with Crippen molar-refractivity contribution >= 4 is 11.1 Å². The predicted molar refractivity (Wildman–Crippen MR) is 125 cm³/mol. The Balaban J connectivity index is -0.000000869. The van der Waals surface area contributed by atoms with E-state index in [1.54, 1.807) is 6.08 Å². The van der Waals surface area contributed by atoms with Crippen molar-refractivity contribution in [1.82, 2.24) is 15.0 Å². The van der Waals surface area contributed by atoms with Crippen LogP contribution < -0.4 is 0 Å². The van der Waals surface area contributed by atoms with Crippen LogP contribution in [0.15, 0.2) is 49.1 Å². The average molecular weight is 372 g/mol. The number of aromatic nitrogens is 3. The van der Waals surface area contributed by atoms with Gasteiger partial charge in [0.1, 0.15) is 5.82 Å². The van der Waals surface area contributed by atoms with Gasteiger partial charge < -0.3 is 0 Å². The van der Waals surface area contributed by atoms with Gasteiger partial charge in [0.05, 0.1) is 0 Å². The molecule has 1 heterocycles. The lowest BCUT2D eigenvalue weighted by Crippen LogP contribution is -2.04. The molecular weight excluding hydrogens is 330 g/mol. The molecule has 1 aromatic heterocycles. The van der Waals surface area contributed by atoms with Crippen molar-refractivity contribution in [3.63, 3.8) is 0 Å². The third kappa shape index (κ3) is 12.7. The lowest BCUT2D eigenvalue weighted by atomic mass is 10.1. The fourth-order valence-corrected chi connectivity index (χ4v) is 1.88. The van der Waals surface area contributed by atoms with Gasteiger partial charge in [0.15, 0.2) is 11.6 Å². The maximum atomic E-state index is 4.60. The van der Waals surface area contributed by atoms with Crippen molar-refractivity contribution in [1.29, 1.82) is 0 Å². The second-order valence-corrected chi connectivity index (χ2v) is 4.46. The normalized spacial score (nSPS) is 11.0. The van der Waals surface area contributed by atoms with Gasteiger partial charge in [-0.1, -0.05) is 97.6 Å². The van der Waals surface area contributed by atoms with Gasteiger partial charge in [-0.25, -0.2) is 15.0 Å². The first kappa shape index (κ1) is 29.5. The molecule has 152 valence electrons. The van der Waals surface area contributed by atoms with Crippen molar-refractivity contribution in [2.75, 3.05) is 0 Å². The van der Waals surface area contributed by atoms with Crippen molar-refractivity contribution in [3.8, 4) is 0 Å². The van der Waals surface area contributed by atoms with Crippen LogP contribution in [-0.4, -0.2) is 15.0 Å². The molecule has 0 aliphatic carbocycles. The van der Waals surface area contributed by atoms with Crippen molar-refractivity contribution in [3.05, 3.63) is 66.6 Å². The number of nitrogens with zero attached hydrogens (tertiary/aromatic N) is 3. The monoisotopic (exact) mass is 371 g/mol. The maximum absolute atomic E-state index is 4.60. The summed E-state index contributed by atoms with van der Waals surface area (Å²) in [5.41, 5.74) is 1.95. The third-order valence-corrected chi connectivity index (χ3v) is 2.68. The number of rotatable bonds is 6. The molecule has 0 saturated carbocycles. The fourth-order valence-electron chi connectivity index (χ4n) is 1.88. The molecule has 0 spiro atoms. The summed E-state index contributed by atoms with van der Waals surface area (Å²) in [5, 5.41) is 0. The molecule has 0 aromatic carbocycles. The van der Waals surface area contributed by atoms with Gasteiger partial charge in [0, 0.05) is 11.1 Å². The fraction of sp³-hybridized carbons (Fsp3) is 0.458. The lowest BCUT2D eigenvalue weighted by Gasteiger charge is -2.06. The summed E-state index contributed by atoms with van der Waals surface area (Å²) in [6, 6.07) is 0. The van der Waals surface area contributed by atoms with Crippen LogP contribution >= 0.6 is 0 Å². The molecule has 3 heteroatoms. The number of hydrogen-bond acceptors (Lipinski definition) is 3. The van der Waals surface area contributed by atoms with Gasteiger partial charge in [0.25, 0.3) is 0 Å². The molecule has 0 saturated heterocycles. The van der Waals surface area contributed by atoms with E-state index < -0.39 is 0 Å². The first-order chi connectivity index (χ1) is 13.2. The molecule has 0 amide bonds. The Hall–Kier alpha value is -2.29. The highest BCUT2D eigenvalue weighted by atomic mass is 15.0. The van der Waals surface area contributed by atoms with E-state index >= 15 is 0 Å². The van der Waals surface area contributed by atoms with Crippen molar-refractivity contribution in [2.45, 2.75) is 75.7 Å². The Morgan fingerprint density at radius 2 is 1.26 bits per heavy atom. The minimum absolute atomic E-state index is 0.669. The molecule has 1 rings (SSSR count). The van der Waals surface area contributed by atoms with Crippen LogP contribution in [0.25, 0.3) is 11.1 Å². The highest BCUT2D eigenvalue weighted by Crippen LogP contribution is 2.17. The zero-order chi connectivity index (χ0) is 21.7. The Morgan fingerprint density at radius 1 is 0.815 bits per heavy atom. The van der Waals surface area contributed by atoms with Gasteiger partial charge in [-0.3, -0.25) is 0 Å². The zero-order valence-corrected chi connectivity index (χ0v) is 19.3. The molecule has 0 radical (unpaired) electrons. The summed E-state index contributed by atoms with van der Waals surface area (Å²) in [5.74, 6) is 2.08. The van der Waals surface area contributed by atoms with E-state index in [2.05, 4.69) is 34.5 Å². The molecule has 0 aliphatic heterocycles. The van der Waals surface area contributed by atoms with Crippen LogP contribution in [0, 0.1) is 6.92 Å². The summed E-state index contributed by atoms with van der Waals surface area (Å²) >= 11 is 0. The van der Waals surface area contributed by atoms with E-state index in [9.17, 15) is 0 Å². The largest absolute Gasteiger partial charge is 0.213 e. The van der Waals surface area contributed by atoms with Crippen LogP contribution in [0.2, 0.25) is 0 Å². The van der Waals surface area contributed by atoms with E-state index in [0.29, 0.717) is 17.5 Å². The molecule has 0 atom stereocenters. The van der Waals surface area contributed by atoms with E-state index in [1.165, 1.54) is 0 Å². The molecular formula is C24H41N3. The van der Waals surface area contributed by atoms with Gasteiger partial charge in [-0.05, 0) is 27.2 Å². The SMILES string of the molecule is C=C/C=C(\C=C/C)c1nc(C)nc(C(=CCC)/C=C\C)n1.CC.CC.CC. The van der Waals surface area contributed by atoms with Crippen LogP contribution in [0.4, 0.5) is 0 Å². The third-order valence-electron chi connectivity index (χ3n) is 2.68. The highest BCUT2D eigenvalue weighted by Gasteiger charge is 2.08. The Labute approximate surface area is 168 Å². The Kier molecular flexibility index (Phi) is 23.7. The van der Waals surface area contributed by atoms with Gasteiger partial charge in [0.2, 0.25) is 0 Å². The standard InChI is InChI=1S/C18H23N3.3C2H6/c1-6-10-15(11-7-2)17-19-14(5)20-18(21-17)16(12-8-3)13-9-4;3*1-2/h6-8,10-13H,1,9H2,2-5H3;3*1-2H3/b11-7-,12-8-,15-10+,16-13?;;;. The minimum atomic E-state index is 0.669. The average Bonchev–Trinajstić information content (AvgIpc) is 2.72. The summed E-state index contributed by atoms with van der Waals surface area (Å²) in [4.78, 5) is 13.5. The smallest absolute Gasteiger partial charge is 0.163 e. The number of aryl methyl sites for hydroxylation is 1.